The smallest absolute Gasteiger partial charge is 0.217 e. The van der Waals surface area contributed by atoms with Crippen molar-refractivity contribution in [2.45, 2.75) is 19.4 Å². The monoisotopic (exact) mass is 250 g/mol. The third-order valence-electron chi connectivity index (χ3n) is 2.63. The molecule has 0 saturated carbocycles. The fourth-order valence-electron chi connectivity index (χ4n) is 1.94. The zero-order chi connectivity index (χ0) is 13.5. The average molecular weight is 250 g/mol. The van der Waals surface area contributed by atoms with Gasteiger partial charge in [-0.15, -0.1) is 0 Å². The molecule has 1 rings (SSSR count). The van der Waals surface area contributed by atoms with Crippen molar-refractivity contribution in [2.75, 3.05) is 27.7 Å². The molecule has 0 fully saturated rings. The second-order valence-electron chi connectivity index (χ2n) is 4.71. The van der Waals surface area contributed by atoms with Crippen molar-refractivity contribution >= 4 is 5.91 Å². The summed E-state index contributed by atoms with van der Waals surface area (Å²) in [6.07, 6.45) is 0.821. The van der Waals surface area contributed by atoms with Gasteiger partial charge in [-0.3, -0.25) is 4.79 Å². The summed E-state index contributed by atoms with van der Waals surface area (Å²) in [6.45, 7) is 2.38. The molecule has 1 amide bonds. The summed E-state index contributed by atoms with van der Waals surface area (Å²) in [5.41, 5.74) is 1.19. The van der Waals surface area contributed by atoms with Crippen LogP contribution in [-0.4, -0.2) is 44.6 Å². The Morgan fingerprint density at radius 2 is 1.94 bits per heavy atom. The number of carbonyl (C=O) groups is 1. The molecule has 0 aromatic heterocycles. The molecule has 1 N–H and O–H groups in total. The van der Waals surface area contributed by atoms with Crippen LogP contribution in [0.2, 0.25) is 0 Å². The second kappa shape index (κ2) is 7.01. The number of ether oxygens (including phenoxy) is 1. The highest BCUT2D eigenvalue weighted by molar-refractivity contribution is 5.73. The van der Waals surface area contributed by atoms with Gasteiger partial charge >= 0.3 is 0 Å². The highest BCUT2D eigenvalue weighted by atomic mass is 16.5. The Hall–Kier alpha value is -1.55. The van der Waals surface area contributed by atoms with Crippen LogP contribution in [0, 0.1) is 0 Å². The summed E-state index contributed by atoms with van der Waals surface area (Å²) in [5.74, 6) is 0.859. The average Bonchev–Trinajstić information content (AvgIpc) is 2.28. The molecule has 18 heavy (non-hydrogen) atoms. The summed E-state index contributed by atoms with van der Waals surface area (Å²) in [6, 6.07) is 8.07. The lowest BCUT2D eigenvalue weighted by Gasteiger charge is -2.22. The van der Waals surface area contributed by atoms with Crippen LogP contribution in [0.1, 0.15) is 12.5 Å². The largest absolute Gasteiger partial charge is 0.497 e. The fraction of sp³-hybridized carbons (Fsp3) is 0.500. The van der Waals surface area contributed by atoms with Gasteiger partial charge in [-0.1, -0.05) is 12.1 Å². The molecule has 1 atom stereocenters. The molecule has 100 valence electrons. The van der Waals surface area contributed by atoms with Crippen molar-refractivity contribution in [3.05, 3.63) is 29.8 Å². The van der Waals surface area contributed by atoms with Gasteiger partial charge in [0.05, 0.1) is 7.11 Å². The van der Waals surface area contributed by atoms with E-state index < -0.39 is 0 Å². The van der Waals surface area contributed by atoms with Crippen LogP contribution in [0.15, 0.2) is 24.3 Å². The summed E-state index contributed by atoms with van der Waals surface area (Å²) >= 11 is 0. The Balaban J connectivity index is 2.65. The Morgan fingerprint density at radius 1 is 1.33 bits per heavy atom. The van der Waals surface area contributed by atoms with E-state index in [1.165, 1.54) is 5.56 Å². The molecule has 0 heterocycles. The Kier molecular flexibility index (Phi) is 5.65. The third kappa shape index (κ3) is 5.19. The van der Waals surface area contributed by atoms with Gasteiger partial charge in [-0.2, -0.15) is 0 Å². The number of carbonyl (C=O) groups excluding carboxylic acids is 1. The number of methoxy groups -OCH3 is 1. The lowest BCUT2D eigenvalue weighted by Crippen LogP contribution is -2.42. The van der Waals surface area contributed by atoms with Crippen molar-refractivity contribution in [1.82, 2.24) is 10.2 Å². The minimum Gasteiger partial charge on any atom is -0.497 e. The van der Waals surface area contributed by atoms with Gasteiger partial charge in [0.15, 0.2) is 0 Å². The van der Waals surface area contributed by atoms with Gasteiger partial charge < -0.3 is 15.0 Å². The molecule has 1 aromatic rings. The zero-order valence-electron chi connectivity index (χ0n) is 11.6. The van der Waals surface area contributed by atoms with Crippen LogP contribution < -0.4 is 10.1 Å². The Morgan fingerprint density at radius 3 is 2.39 bits per heavy atom. The number of hydrogen-bond acceptors (Lipinski definition) is 3. The zero-order valence-corrected chi connectivity index (χ0v) is 11.6. The molecule has 0 aliphatic heterocycles. The minimum atomic E-state index is 0.00959. The first kappa shape index (κ1) is 14.5. The molecule has 0 saturated heterocycles. The van der Waals surface area contributed by atoms with Crippen molar-refractivity contribution in [1.29, 1.82) is 0 Å². The van der Waals surface area contributed by atoms with Crippen LogP contribution in [0.25, 0.3) is 0 Å². The van der Waals surface area contributed by atoms with Gasteiger partial charge in [0.2, 0.25) is 5.91 Å². The normalized spacial score (nSPS) is 12.3. The van der Waals surface area contributed by atoms with Gasteiger partial charge in [0.1, 0.15) is 5.75 Å². The summed E-state index contributed by atoms with van der Waals surface area (Å²) in [5, 5.41) is 2.98. The molecule has 0 radical (unpaired) electrons. The van der Waals surface area contributed by atoms with E-state index in [9.17, 15) is 4.79 Å². The first-order valence-electron chi connectivity index (χ1n) is 6.06. The standard InChI is InChI=1S/C14H22N2O2/c1-11(17)15-13(10-16(2)3)9-12-5-7-14(18-4)8-6-12/h5-8,13H,9-10H2,1-4H3,(H,15,17). The van der Waals surface area contributed by atoms with Crippen molar-refractivity contribution in [3.8, 4) is 5.75 Å². The number of benzene rings is 1. The second-order valence-corrected chi connectivity index (χ2v) is 4.71. The topological polar surface area (TPSA) is 41.6 Å². The maximum absolute atomic E-state index is 11.2. The lowest BCUT2D eigenvalue weighted by atomic mass is 10.1. The van der Waals surface area contributed by atoms with Gasteiger partial charge in [0.25, 0.3) is 0 Å². The highest BCUT2D eigenvalue weighted by Gasteiger charge is 2.12. The lowest BCUT2D eigenvalue weighted by molar-refractivity contribution is -0.119. The van der Waals surface area contributed by atoms with Crippen LogP contribution in [0.4, 0.5) is 0 Å². The number of rotatable bonds is 6. The van der Waals surface area contributed by atoms with Crippen LogP contribution in [-0.2, 0) is 11.2 Å². The maximum Gasteiger partial charge on any atom is 0.217 e. The summed E-state index contributed by atoms with van der Waals surface area (Å²) < 4.78 is 5.13. The van der Waals surface area contributed by atoms with Crippen LogP contribution >= 0.6 is 0 Å². The number of likely N-dealkylation sites (N-methyl/N-ethyl adjacent to an activating group) is 1. The van der Waals surface area contributed by atoms with Gasteiger partial charge in [-0.05, 0) is 38.2 Å². The van der Waals surface area contributed by atoms with E-state index in [2.05, 4.69) is 10.2 Å². The van der Waals surface area contributed by atoms with Gasteiger partial charge in [-0.25, -0.2) is 0 Å². The fourth-order valence-corrected chi connectivity index (χ4v) is 1.94. The number of nitrogens with one attached hydrogen (secondary N) is 1. The molecule has 0 aliphatic carbocycles. The first-order chi connectivity index (χ1) is 8.51. The Bertz CT molecular complexity index is 374. The van der Waals surface area contributed by atoms with Crippen LogP contribution in [0.3, 0.4) is 0 Å². The highest BCUT2D eigenvalue weighted by Crippen LogP contribution is 2.12. The Labute approximate surface area is 109 Å². The van der Waals surface area contributed by atoms with E-state index in [0.717, 1.165) is 18.7 Å². The predicted molar refractivity (Wildman–Crippen MR) is 72.9 cm³/mol. The quantitative estimate of drug-likeness (QED) is 0.827. The van der Waals surface area contributed by atoms with E-state index >= 15 is 0 Å². The van der Waals surface area contributed by atoms with E-state index in [4.69, 9.17) is 4.74 Å². The number of amides is 1. The molecule has 0 spiro atoms. The van der Waals surface area contributed by atoms with E-state index in [0.29, 0.717) is 0 Å². The predicted octanol–water partition coefficient (Wildman–Crippen LogP) is 1.30. The SMILES string of the molecule is COc1ccc(CC(CN(C)C)NC(C)=O)cc1. The number of nitrogens with zero attached hydrogens (tertiary/aromatic N) is 1. The van der Waals surface area contributed by atoms with Crippen LogP contribution in [0.5, 0.6) is 5.75 Å². The van der Waals surface area contributed by atoms with Crippen molar-refractivity contribution < 1.29 is 9.53 Å². The van der Waals surface area contributed by atoms with E-state index in [1.807, 2.05) is 38.4 Å². The molecular weight excluding hydrogens is 228 g/mol. The maximum atomic E-state index is 11.2. The van der Waals surface area contributed by atoms with E-state index in [1.54, 1.807) is 14.0 Å². The molecule has 4 nitrogen and oxygen atoms in total. The van der Waals surface area contributed by atoms with Gasteiger partial charge in [0, 0.05) is 19.5 Å². The summed E-state index contributed by atoms with van der Waals surface area (Å²) in [7, 11) is 5.66. The first-order valence-corrected chi connectivity index (χ1v) is 6.06. The molecule has 0 aliphatic rings. The minimum absolute atomic E-state index is 0.00959. The molecule has 4 heteroatoms. The molecule has 1 unspecified atom stereocenters. The van der Waals surface area contributed by atoms with Crippen molar-refractivity contribution in [3.63, 3.8) is 0 Å². The molecular formula is C14H22N2O2. The number of hydrogen-bond donors (Lipinski definition) is 1. The molecule has 0 bridgehead atoms. The van der Waals surface area contributed by atoms with Crippen molar-refractivity contribution in [2.24, 2.45) is 0 Å². The molecule has 1 aromatic carbocycles. The third-order valence-corrected chi connectivity index (χ3v) is 2.63. The van der Waals surface area contributed by atoms with E-state index in [-0.39, 0.29) is 11.9 Å². The summed E-state index contributed by atoms with van der Waals surface area (Å²) in [4.78, 5) is 13.3.